The number of amidine groups is 1. The van der Waals surface area contributed by atoms with Crippen molar-refractivity contribution in [2.45, 2.75) is 6.92 Å². The molecule has 0 unspecified atom stereocenters. The Morgan fingerprint density at radius 1 is 1.21 bits per heavy atom. The summed E-state index contributed by atoms with van der Waals surface area (Å²) in [5.41, 5.74) is 2.57. The summed E-state index contributed by atoms with van der Waals surface area (Å²) >= 11 is 1.31. The van der Waals surface area contributed by atoms with Crippen LogP contribution in [0.2, 0.25) is 0 Å². The van der Waals surface area contributed by atoms with Gasteiger partial charge in [0, 0.05) is 25.3 Å². The number of carbonyl (C=O) groups is 2. The van der Waals surface area contributed by atoms with Crippen LogP contribution in [0, 0.1) is 6.92 Å². The zero-order valence-electron chi connectivity index (χ0n) is 15.9. The summed E-state index contributed by atoms with van der Waals surface area (Å²) in [5, 5.41) is 3.44. The molecule has 1 heterocycles. The fourth-order valence-electron chi connectivity index (χ4n) is 2.60. The quantitative estimate of drug-likeness (QED) is 0.786. The normalized spacial score (nSPS) is 16.7. The SMILES string of the molecule is CN=C1S/C(=C/c2ccccc2OCC(=O)Nc2ccc(C)cc2)C(=O)N1C. The second kappa shape index (κ2) is 8.75. The molecule has 144 valence electrons. The fourth-order valence-corrected chi connectivity index (χ4v) is 3.52. The van der Waals surface area contributed by atoms with Crippen molar-refractivity contribution in [1.82, 2.24) is 4.90 Å². The van der Waals surface area contributed by atoms with Crippen molar-refractivity contribution >= 4 is 40.5 Å². The van der Waals surface area contributed by atoms with Gasteiger partial charge < -0.3 is 10.1 Å². The largest absolute Gasteiger partial charge is 0.483 e. The van der Waals surface area contributed by atoms with E-state index in [4.69, 9.17) is 4.74 Å². The highest BCUT2D eigenvalue weighted by atomic mass is 32.2. The molecule has 0 bridgehead atoms. The Hall–Kier alpha value is -3.06. The number of nitrogens with zero attached hydrogens (tertiary/aromatic N) is 2. The molecule has 7 heteroatoms. The van der Waals surface area contributed by atoms with E-state index in [-0.39, 0.29) is 18.4 Å². The van der Waals surface area contributed by atoms with Gasteiger partial charge in [0.1, 0.15) is 5.75 Å². The summed E-state index contributed by atoms with van der Waals surface area (Å²) in [6.45, 7) is 1.86. The molecule has 6 nitrogen and oxygen atoms in total. The molecule has 0 saturated carbocycles. The van der Waals surface area contributed by atoms with Crippen molar-refractivity contribution in [2.24, 2.45) is 4.99 Å². The molecule has 3 rings (SSSR count). The monoisotopic (exact) mass is 395 g/mol. The Labute approximate surface area is 168 Å². The molecular formula is C21H21N3O3S. The third kappa shape index (κ3) is 4.61. The number of nitrogens with one attached hydrogen (secondary N) is 1. The number of hydrogen-bond acceptors (Lipinski definition) is 5. The van der Waals surface area contributed by atoms with E-state index in [1.54, 1.807) is 26.2 Å². The van der Waals surface area contributed by atoms with Crippen LogP contribution in [0.4, 0.5) is 5.69 Å². The molecule has 2 aromatic rings. The standard InChI is InChI=1S/C21H21N3O3S/c1-14-8-10-16(11-9-14)23-19(25)13-27-17-7-5-4-6-15(17)12-18-20(26)24(3)21(22-2)28-18/h4-12H,13H2,1-3H3,(H,23,25)/b18-12+,22-21?. The van der Waals surface area contributed by atoms with Gasteiger partial charge in [-0.05, 0) is 43.0 Å². The number of thioether (sulfide) groups is 1. The second-order valence-electron chi connectivity index (χ2n) is 6.22. The van der Waals surface area contributed by atoms with Crippen molar-refractivity contribution in [2.75, 3.05) is 26.0 Å². The second-order valence-corrected chi connectivity index (χ2v) is 7.23. The van der Waals surface area contributed by atoms with Crippen LogP contribution in [0.1, 0.15) is 11.1 Å². The minimum absolute atomic E-state index is 0.113. The molecule has 1 N–H and O–H groups in total. The summed E-state index contributed by atoms with van der Waals surface area (Å²) in [7, 11) is 3.34. The average molecular weight is 395 g/mol. The number of likely N-dealkylation sites (N-methyl/N-ethyl adjacent to an activating group) is 1. The first kappa shape index (κ1) is 19.7. The van der Waals surface area contributed by atoms with Crippen molar-refractivity contribution in [3.63, 3.8) is 0 Å². The van der Waals surface area contributed by atoms with Crippen molar-refractivity contribution in [1.29, 1.82) is 0 Å². The number of carbonyl (C=O) groups excluding carboxylic acids is 2. The van der Waals surface area contributed by atoms with Gasteiger partial charge in [-0.2, -0.15) is 0 Å². The van der Waals surface area contributed by atoms with Gasteiger partial charge in [-0.15, -0.1) is 0 Å². The predicted molar refractivity (Wildman–Crippen MR) is 113 cm³/mol. The highest BCUT2D eigenvalue weighted by molar-refractivity contribution is 8.18. The third-order valence-corrected chi connectivity index (χ3v) is 5.25. The number of anilines is 1. The topological polar surface area (TPSA) is 71.0 Å². The Morgan fingerprint density at radius 2 is 1.93 bits per heavy atom. The average Bonchev–Trinajstić information content (AvgIpc) is 2.97. The summed E-state index contributed by atoms with van der Waals surface area (Å²) in [6, 6.07) is 14.8. The third-order valence-electron chi connectivity index (χ3n) is 4.09. The van der Waals surface area contributed by atoms with E-state index in [1.807, 2.05) is 49.4 Å². The molecule has 1 aliphatic heterocycles. The van der Waals surface area contributed by atoms with Gasteiger partial charge >= 0.3 is 0 Å². The maximum absolute atomic E-state index is 12.3. The van der Waals surface area contributed by atoms with E-state index in [2.05, 4.69) is 10.3 Å². The lowest BCUT2D eigenvalue weighted by Crippen LogP contribution is -2.23. The molecule has 0 atom stereocenters. The molecule has 1 fully saturated rings. The maximum Gasteiger partial charge on any atom is 0.266 e. The number of benzene rings is 2. The van der Waals surface area contributed by atoms with E-state index < -0.39 is 0 Å². The van der Waals surface area contributed by atoms with Gasteiger partial charge in [0.2, 0.25) is 0 Å². The number of aliphatic imine (C=N–C) groups is 1. The van der Waals surface area contributed by atoms with Crippen LogP contribution in [0.25, 0.3) is 6.08 Å². The summed E-state index contributed by atoms with van der Waals surface area (Å²) in [5.74, 6) is 0.169. The van der Waals surface area contributed by atoms with Gasteiger partial charge in [-0.3, -0.25) is 19.5 Å². The Morgan fingerprint density at radius 3 is 2.61 bits per heavy atom. The van der Waals surface area contributed by atoms with Crippen LogP contribution in [0.5, 0.6) is 5.75 Å². The van der Waals surface area contributed by atoms with E-state index >= 15 is 0 Å². The summed E-state index contributed by atoms with van der Waals surface area (Å²) in [4.78, 5) is 30.7. The number of aryl methyl sites for hydroxylation is 1. The van der Waals surface area contributed by atoms with Crippen LogP contribution in [0.3, 0.4) is 0 Å². The minimum atomic E-state index is -0.252. The van der Waals surface area contributed by atoms with Crippen LogP contribution in [-0.4, -0.2) is 42.6 Å². The molecule has 0 aliphatic carbocycles. The van der Waals surface area contributed by atoms with Crippen molar-refractivity contribution in [3.05, 3.63) is 64.6 Å². The zero-order chi connectivity index (χ0) is 20.1. The van der Waals surface area contributed by atoms with E-state index in [0.717, 1.165) is 16.8 Å². The fraction of sp³-hybridized carbons (Fsp3) is 0.190. The summed E-state index contributed by atoms with van der Waals surface area (Å²) < 4.78 is 5.70. The van der Waals surface area contributed by atoms with E-state index in [1.165, 1.54) is 16.7 Å². The number of hydrogen-bond donors (Lipinski definition) is 1. The first-order chi connectivity index (χ1) is 13.5. The molecule has 28 heavy (non-hydrogen) atoms. The van der Waals surface area contributed by atoms with Gasteiger partial charge in [-0.1, -0.05) is 35.9 Å². The zero-order valence-corrected chi connectivity index (χ0v) is 16.7. The number of ether oxygens (including phenoxy) is 1. The number of rotatable bonds is 5. The highest BCUT2D eigenvalue weighted by Crippen LogP contribution is 2.33. The van der Waals surface area contributed by atoms with Crippen LogP contribution in [0.15, 0.2) is 58.4 Å². The molecule has 0 radical (unpaired) electrons. The molecule has 1 saturated heterocycles. The lowest BCUT2D eigenvalue weighted by molar-refractivity contribution is -0.121. The molecular weight excluding hydrogens is 374 g/mol. The van der Waals surface area contributed by atoms with Crippen LogP contribution >= 0.6 is 11.8 Å². The maximum atomic E-state index is 12.3. The Bertz CT molecular complexity index is 952. The summed E-state index contributed by atoms with van der Waals surface area (Å²) in [6.07, 6.45) is 1.76. The van der Waals surface area contributed by atoms with Gasteiger partial charge in [0.05, 0.1) is 4.91 Å². The van der Waals surface area contributed by atoms with Gasteiger partial charge in [0.15, 0.2) is 11.8 Å². The van der Waals surface area contributed by atoms with Gasteiger partial charge in [-0.25, -0.2) is 0 Å². The molecule has 1 aliphatic rings. The lowest BCUT2D eigenvalue weighted by atomic mass is 10.2. The number of amides is 2. The van der Waals surface area contributed by atoms with Crippen LogP contribution in [-0.2, 0) is 9.59 Å². The molecule has 0 spiro atoms. The lowest BCUT2D eigenvalue weighted by Gasteiger charge is -2.10. The first-order valence-electron chi connectivity index (χ1n) is 8.70. The Kier molecular flexibility index (Phi) is 6.16. The van der Waals surface area contributed by atoms with Crippen molar-refractivity contribution < 1.29 is 14.3 Å². The molecule has 0 aromatic heterocycles. The van der Waals surface area contributed by atoms with E-state index in [9.17, 15) is 9.59 Å². The molecule has 2 aromatic carbocycles. The van der Waals surface area contributed by atoms with Gasteiger partial charge in [0.25, 0.3) is 11.8 Å². The number of para-hydroxylation sites is 1. The van der Waals surface area contributed by atoms with E-state index in [0.29, 0.717) is 15.8 Å². The van der Waals surface area contributed by atoms with Crippen molar-refractivity contribution in [3.8, 4) is 5.75 Å². The molecule has 2 amide bonds. The first-order valence-corrected chi connectivity index (χ1v) is 9.52. The minimum Gasteiger partial charge on any atom is -0.483 e. The van der Waals surface area contributed by atoms with Crippen LogP contribution < -0.4 is 10.1 Å². The highest BCUT2D eigenvalue weighted by Gasteiger charge is 2.29. The Balaban J connectivity index is 1.69. The smallest absolute Gasteiger partial charge is 0.266 e. The predicted octanol–water partition coefficient (Wildman–Crippen LogP) is 3.54.